The van der Waals surface area contributed by atoms with Crippen molar-refractivity contribution in [3.8, 4) is 22.7 Å². The Kier molecular flexibility index (Phi) is 8.80. The number of aromatic amines is 1. The van der Waals surface area contributed by atoms with Crippen molar-refractivity contribution in [3.63, 3.8) is 0 Å². The Labute approximate surface area is 245 Å². The molecule has 4 aromatic rings. The number of amides is 2. The van der Waals surface area contributed by atoms with Gasteiger partial charge in [-0.3, -0.25) is 10.1 Å². The summed E-state index contributed by atoms with van der Waals surface area (Å²) >= 11 is 12.8. The van der Waals surface area contributed by atoms with E-state index in [-0.39, 0.29) is 5.91 Å². The second kappa shape index (κ2) is 12.8. The van der Waals surface area contributed by atoms with Gasteiger partial charge in [-0.05, 0) is 66.1 Å². The van der Waals surface area contributed by atoms with E-state index in [0.29, 0.717) is 63.0 Å². The Hall–Kier alpha value is -4.42. The lowest BCUT2D eigenvalue weighted by molar-refractivity contribution is -0.117. The minimum atomic E-state index is -0.590. The van der Waals surface area contributed by atoms with E-state index in [0.717, 1.165) is 19.3 Å². The van der Waals surface area contributed by atoms with Crippen LogP contribution in [0.2, 0.25) is 10.2 Å². The Bertz CT molecular complexity index is 1570. The quantitative estimate of drug-likeness (QED) is 0.261. The van der Waals surface area contributed by atoms with Gasteiger partial charge in [-0.1, -0.05) is 29.6 Å². The van der Waals surface area contributed by atoms with Gasteiger partial charge in [-0.25, -0.2) is 9.78 Å². The van der Waals surface area contributed by atoms with Crippen LogP contribution in [0.1, 0.15) is 43.1 Å². The Morgan fingerprint density at radius 2 is 2.05 bits per heavy atom. The third-order valence-corrected chi connectivity index (χ3v) is 6.90. The van der Waals surface area contributed by atoms with Crippen LogP contribution < -0.4 is 15.4 Å². The van der Waals surface area contributed by atoms with Crippen LogP contribution in [0.15, 0.2) is 48.8 Å². The average Bonchev–Trinajstić information content (AvgIpc) is 3.63. The van der Waals surface area contributed by atoms with Gasteiger partial charge < -0.3 is 19.8 Å². The summed E-state index contributed by atoms with van der Waals surface area (Å²) in [5.74, 6) is 0.719. The number of ether oxygens (including phenoxy) is 2. The molecule has 0 aliphatic carbocycles. The van der Waals surface area contributed by atoms with Crippen LogP contribution in [0, 0.1) is 0 Å². The number of anilines is 1. The number of benzene rings is 2. The maximum atomic E-state index is 13.1. The van der Waals surface area contributed by atoms with Crippen molar-refractivity contribution in [2.45, 2.75) is 31.7 Å². The predicted octanol–water partition coefficient (Wildman–Crippen LogP) is 5.36. The van der Waals surface area contributed by atoms with E-state index >= 15 is 0 Å². The van der Waals surface area contributed by atoms with Crippen molar-refractivity contribution in [2.75, 3.05) is 19.0 Å². The Morgan fingerprint density at radius 1 is 1.17 bits per heavy atom. The lowest BCUT2D eigenvalue weighted by Gasteiger charge is -2.17. The SMILES string of the molecule is COC(=O)Nc1ccc2c(c1)OCCCCC[C@H](NC(=O)/C=C/c1cc(Cl)ccc1-n1cnnn1)c1nc-2c(Cl)[nH]1. The van der Waals surface area contributed by atoms with Crippen LogP contribution >= 0.6 is 23.2 Å². The molecule has 1 atom stereocenters. The Morgan fingerprint density at radius 3 is 2.85 bits per heavy atom. The number of tetrazole rings is 1. The van der Waals surface area contributed by atoms with Crippen molar-refractivity contribution in [1.82, 2.24) is 35.5 Å². The predicted molar refractivity (Wildman–Crippen MR) is 153 cm³/mol. The van der Waals surface area contributed by atoms with Gasteiger partial charge in [-0.15, -0.1) is 5.10 Å². The molecule has 0 unspecified atom stereocenters. The highest BCUT2D eigenvalue weighted by atomic mass is 35.5. The standard InChI is InChI=1S/C27H26Cl2N8O4/c1-40-27(39)31-18-8-9-19-22(14-18)41-12-4-2-3-5-20(26-33-24(19)25(29)34-26)32-23(38)11-6-16-13-17(28)7-10-21(16)37-15-30-35-36-37/h6-11,13-15,20H,2-5,12H2,1H3,(H,31,39)(H,32,38)(H,33,34)/b11-6+/t20-/m0/s1. The number of aromatic nitrogens is 6. The zero-order valence-corrected chi connectivity index (χ0v) is 23.4. The second-order valence-corrected chi connectivity index (χ2v) is 9.98. The van der Waals surface area contributed by atoms with Crippen LogP contribution in [-0.2, 0) is 9.53 Å². The zero-order chi connectivity index (χ0) is 28.8. The summed E-state index contributed by atoms with van der Waals surface area (Å²) in [6.45, 7) is 0.465. The molecule has 0 saturated carbocycles. The summed E-state index contributed by atoms with van der Waals surface area (Å²) in [5.41, 5.74) is 2.97. The number of H-pyrrole nitrogens is 1. The minimum absolute atomic E-state index is 0.303. The first-order chi connectivity index (χ1) is 19.9. The minimum Gasteiger partial charge on any atom is -0.493 e. The van der Waals surface area contributed by atoms with E-state index < -0.39 is 12.1 Å². The first-order valence-corrected chi connectivity index (χ1v) is 13.6. The molecule has 1 aliphatic heterocycles. The number of fused-ring (bicyclic) bond motifs is 4. The smallest absolute Gasteiger partial charge is 0.411 e. The summed E-state index contributed by atoms with van der Waals surface area (Å²) in [6, 6.07) is 9.97. The van der Waals surface area contributed by atoms with Crippen molar-refractivity contribution < 1.29 is 19.1 Å². The third-order valence-electron chi connectivity index (χ3n) is 6.39. The molecule has 3 N–H and O–H groups in total. The number of nitrogens with one attached hydrogen (secondary N) is 3. The summed E-state index contributed by atoms with van der Waals surface area (Å²) in [4.78, 5) is 32.6. The first-order valence-electron chi connectivity index (χ1n) is 12.8. The van der Waals surface area contributed by atoms with Crippen molar-refractivity contribution >= 4 is 47.0 Å². The van der Waals surface area contributed by atoms with Crippen LogP contribution in [0.5, 0.6) is 5.75 Å². The van der Waals surface area contributed by atoms with Crippen LogP contribution in [0.25, 0.3) is 23.0 Å². The van der Waals surface area contributed by atoms with Gasteiger partial charge in [0.15, 0.2) is 0 Å². The van der Waals surface area contributed by atoms with E-state index in [9.17, 15) is 9.59 Å². The van der Waals surface area contributed by atoms with E-state index in [2.05, 4.69) is 35.9 Å². The van der Waals surface area contributed by atoms with E-state index in [1.54, 1.807) is 42.5 Å². The van der Waals surface area contributed by atoms with Gasteiger partial charge in [0.2, 0.25) is 5.91 Å². The van der Waals surface area contributed by atoms with E-state index in [1.807, 2.05) is 0 Å². The van der Waals surface area contributed by atoms with Crippen molar-refractivity contribution in [2.24, 2.45) is 0 Å². The number of halogens is 2. The fourth-order valence-electron chi connectivity index (χ4n) is 4.41. The number of carbonyl (C=O) groups is 2. The number of rotatable bonds is 5. The largest absolute Gasteiger partial charge is 0.493 e. The van der Waals surface area contributed by atoms with Gasteiger partial charge in [-0.2, -0.15) is 4.68 Å². The molecule has 2 amide bonds. The topological polar surface area (TPSA) is 149 Å². The Balaban J connectivity index is 1.39. The van der Waals surface area contributed by atoms with Crippen LogP contribution in [0.4, 0.5) is 10.5 Å². The normalized spacial score (nSPS) is 15.2. The molecule has 3 heterocycles. The molecule has 41 heavy (non-hydrogen) atoms. The maximum Gasteiger partial charge on any atom is 0.411 e. The fraction of sp³-hybridized carbons (Fsp3) is 0.259. The van der Waals surface area contributed by atoms with Gasteiger partial charge in [0.1, 0.15) is 28.7 Å². The van der Waals surface area contributed by atoms with E-state index in [1.165, 1.54) is 24.2 Å². The molecule has 0 spiro atoms. The lowest BCUT2D eigenvalue weighted by atomic mass is 10.1. The van der Waals surface area contributed by atoms with Gasteiger partial charge >= 0.3 is 6.09 Å². The fourth-order valence-corrected chi connectivity index (χ4v) is 4.83. The van der Waals surface area contributed by atoms with Crippen LogP contribution in [0.3, 0.4) is 0 Å². The molecule has 1 aliphatic rings. The summed E-state index contributed by atoms with van der Waals surface area (Å²) in [6.07, 6.45) is 7.09. The summed E-state index contributed by atoms with van der Waals surface area (Å²) in [5, 5.41) is 17.8. The molecular weight excluding hydrogens is 571 g/mol. The monoisotopic (exact) mass is 596 g/mol. The highest BCUT2D eigenvalue weighted by molar-refractivity contribution is 6.32. The lowest BCUT2D eigenvalue weighted by Crippen LogP contribution is -2.27. The number of nitrogens with zero attached hydrogens (tertiary/aromatic N) is 5. The average molecular weight is 597 g/mol. The third kappa shape index (κ3) is 6.84. The zero-order valence-electron chi connectivity index (χ0n) is 21.9. The van der Waals surface area contributed by atoms with Crippen molar-refractivity contribution in [1.29, 1.82) is 0 Å². The molecule has 0 fully saturated rings. The highest BCUT2D eigenvalue weighted by Crippen LogP contribution is 2.37. The summed E-state index contributed by atoms with van der Waals surface area (Å²) < 4.78 is 12.2. The first kappa shape index (κ1) is 28.1. The van der Waals surface area contributed by atoms with Crippen molar-refractivity contribution in [3.05, 3.63) is 70.4 Å². The molecule has 12 nitrogen and oxygen atoms in total. The molecule has 2 bridgehead atoms. The molecule has 14 heteroatoms. The van der Waals surface area contributed by atoms with Crippen LogP contribution in [-0.4, -0.2) is 55.9 Å². The number of imidazole rings is 1. The molecular formula is C27H26Cl2N8O4. The number of carbonyl (C=O) groups excluding carboxylic acids is 2. The molecule has 5 rings (SSSR count). The maximum absolute atomic E-state index is 13.1. The number of hydrogen-bond acceptors (Lipinski definition) is 8. The second-order valence-electron chi connectivity index (χ2n) is 9.16. The van der Waals surface area contributed by atoms with Gasteiger partial charge in [0.05, 0.1) is 25.4 Å². The number of hydrogen-bond donors (Lipinski definition) is 3. The van der Waals surface area contributed by atoms with Gasteiger partial charge in [0, 0.05) is 34.0 Å². The van der Waals surface area contributed by atoms with Gasteiger partial charge in [0.25, 0.3) is 0 Å². The molecule has 0 saturated heterocycles. The highest BCUT2D eigenvalue weighted by Gasteiger charge is 2.23. The number of methoxy groups -OCH3 is 1. The molecule has 2 aromatic carbocycles. The molecule has 0 radical (unpaired) electrons. The molecule has 2 aromatic heterocycles. The molecule has 212 valence electrons. The van der Waals surface area contributed by atoms with E-state index in [4.69, 9.17) is 32.9 Å². The summed E-state index contributed by atoms with van der Waals surface area (Å²) in [7, 11) is 1.29.